The largest absolute Gasteiger partial charge is 0.387 e. The lowest BCUT2D eigenvalue weighted by molar-refractivity contribution is -0.0433. The molecule has 1 saturated carbocycles. The van der Waals surface area contributed by atoms with Gasteiger partial charge in [-0.2, -0.15) is 0 Å². The van der Waals surface area contributed by atoms with Crippen LogP contribution in [0.5, 0.6) is 0 Å². The molecule has 0 bridgehead atoms. The second kappa shape index (κ2) is 7.67. The standard InChI is InChI=1S/C18H28N6O3/c1-23(7-11-5-3-2-4-6-11)8-12-14(25)15(26)18(27-12)24-10-22-13-16(19)20-9-21-17(13)24/h9-12,14-15,18,25-26H,2-8H2,1H3,(H2,19,20,21)/t12-,14-,15-,18-/m1/s1. The SMILES string of the molecule is CN(CC1CCCCC1)C[C@H]1O[C@@H](n2cnc3c(N)ncnc32)[C@H](O)[C@@H]1O. The Balaban J connectivity index is 1.45. The van der Waals surface area contributed by atoms with Gasteiger partial charge in [0.25, 0.3) is 0 Å². The third kappa shape index (κ3) is 3.64. The lowest BCUT2D eigenvalue weighted by Crippen LogP contribution is -2.40. The zero-order valence-corrected chi connectivity index (χ0v) is 15.6. The van der Waals surface area contributed by atoms with Gasteiger partial charge in [0, 0.05) is 13.1 Å². The van der Waals surface area contributed by atoms with Gasteiger partial charge in [0.1, 0.15) is 30.2 Å². The Bertz CT molecular complexity index is 778. The number of aliphatic hydroxyl groups is 2. The Morgan fingerprint density at radius 3 is 2.70 bits per heavy atom. The van der Waals surface area contributed by atoms with Crippen molar-refractivity contribution in [3.63, 3.8) is 0 Å². The van der Waals surface area contributed by atoms with Crippen LogP contribution in [0.4, 0.5) is 5.82 Å². The van der Waals surface area contributed by atoms with Crippen molar-refractivity contribution in [2.75, 3.05) is 25.9 Å². The second-order valence-corrected chi connectivity index (χ2v) is 7.85. The summed E-state index contributed by atoms with van der Waals surface area (Å²) in [5.74, 6) is 0.982. The van der Waals surface area contributed by atoms with E-state index in [2.05, 4.69) is 19.9 Å². The highest BCUT2D eigenvalue weighted by atomic mass is 16.6. The zero-order valence-electron chi connectivity index (χ0n) is 15.6. The van der Waals surface area contributed by atoms with E-state index in [-0.39, 0.29) is 5.82 Å². The normalized spacial score (nSPS) is 29.8. The average Bonchev–Trinajstić information content (AvgIpc) is 3.20. The van der Waals surface area contributed by atoms with Crippen molar-refractivity contribution in [1.82, 2.24) is 24.4 Å². The molecule has 2 fully saturated rings. The average molecular weight is 376 g/mol. The molecule has 0 radical (unpaired) electrons. The lowest BCUT2D eigenvalue weighted by atomic mass is 9.89. The van der Waals surface area contributed by atoms with Gasteiger partial charge in [-0.25, -0.2) is 15.0 Å². The van der Waals surface area contributed by atoms with E-state index in [1.165, 1.54) is 44.8 Å². The number of nitrogens with zero attached hydrogens (tertiary/aromatic N) is 5. The van der Waals surface area contributed by atoms with Crippen molar-refractivity contribution in [2.24, 2.45) is 5.92 Å². The van der Waals surface area contributed by atoms with Crippen molar-refractivity contribution < 1.29 is 14.9 Å². The van der Waals surface area contributed by atoms with Crippen molar-refractivity contribution >= 4 is 17.0 Å². The molecule has 2 aromatic rings. The van der Waals surface area contributed by atoms with Crippen LogP contribution in [0.3, 0.4) is 0 Å². The van der Waals surface area contributed by atoms with Gasteiger partial charge >= 0.3 is 0 Å². The first-order valence-electron chi connectivity index (χ1n) is 9.67. The third-order valence-electron chi connectivity index (χ3n) is 5.78. The van der Waals surface area contributed by atoms with Gasteiger partial charge < -0.3 is 25.6 Å². The molecule has 2 aliphatic rings. The Labute approximate surface area is 158 Å². The number of likely N-dealkylation sites (N-methyl/N-ethyl adjacent to an activating group) is 1. The second-order valence-electron chi connectivity index (χ2n) is 7.85. The number of nitrogen functional groups attached to an aromatic ring is 1. The maximum atomic E-state index is 10.5. The van der Waals surface area contributed by atoms with Gasteiger partial charge in [-0.05, 0) is 25.8 Å². The highest BCUT2D eigenvalue weighted by molar-refractivity contribution is 5.81. The van der Waals surface area contributed by atoms with Crippen LogP contribution < -0.4 is 5.73 Å². The van der Waals surface area contributed by atoms with E-state index in [0.717, 1.165) is 6.54 Å². The van der Waals surface area contributed by atoms with Crippen LogP contribution in [-0.2, 0) is 4.74 Å². The Hall–Kier alpha value is -1.81. The monoisotopic (exact) mass is 376 g/mol. The molecule has 1 aliphatic heterocycles. The van der Waals surface area contributed by atoms with E-state index in [1.807, 2.05) is 7.05 Å². The Morgan fingerprint density at radius 2 is 1.93 bits per heavy atom. The fraction of sp³-hybridized carbons (Fsp3) is 0.722. The summed E-state index contributed by atoms with van der Waals surface area (Å²) in [5, 5.41) is 21.1. The van der Waals surface area contributed by atoms with Gasteiger partial charge in [0.2, 0.25) is 0 Å². The molecule has 2 aromatic heterocycles. The number of hydrogen-bond acceptors (Lipinski definition) is 8. The first kappa shape index (κ1) is 18.5. The van der Waals surface area contributed by atoms with Crippen molar-refractivity contribution in [3.05, 3.63) is 12.7 Å². The quantitative estimate of drug-likeness (QED) is 0.691. The van der Waals surface area contributed by atoms with Crippen LogP contribution >= 0.6 is 0 Å². The van der Waals surface area contributed by atoms with Crippen molar-refractivity contribution in [3.8, 4) is 0 Å². The number of fused-ring (bicyclic) bond motifs is 1. The predicted octanol–water partition coefficient (Wildman–Crippen LogP) is 0.540. The molecular weight excluding hydrogens is 348 g/mol. The Morgan fingerprint density at radius 1 is 1.15 bits per heavy atom. The van der Waals surface area contributed by atoms with E-state index in [4.69, 9.17) is 10.5 Å². The first-order valence-corrected chi connectivity index (χ1v) is 9.67. The minimum absolute atomic E-state index is 0.274. The van der Waals surface area contributed by atoms with Gasteiger partial charge in [0.05, 0.1) is 6.33 Å². The highest BCUT2D eigenvalue weighted by Crippen LogP contribution is 2.32. The molecule has 0 amide bonds. The molecule has 0 spiro atoms. The number of aromatic nitrogens is 4. The Kier molecular flexibility index (Phi) is 5.27. The molecule has 4 rings (SSSR count). The van der Waals surface area contributed by atoms with Gasteiger partial charge in [-0.3, -0.25) is 4.57 Å². The summed E-state index contributed by atoms with van der Waals surface area (Å²) in [4.78, 5) is 14.5. The summed E-state index contributed by atoms with van der Waals surface area (Å²) in [5.41, 5.74) is 6.77. The molecule has 1 saturated heterocycles. The van der Waals surface area contributed by atoms with E-state index < -0.39 is 24.5 Å². The molecule has 3 heterocycles. The maximum absolute atomic E-state index is 10.5. The summed E-state index contributed by atoms with van der Waals surface area (Å²) in [6, 6.07) is 0. The van der Waals surface area contributed by atoms with Gasteiger partial charge in [-0.1, -0.05) is 19.3 Å². The van der Waals surface area contributed by atoms with Crippen LogP contribution in [0.1, 0.15) is 38.3 Å². The topological polar surface area (TPSA) is 123 Å². The number of nitrogens with two attached hydrogens (primary N) is 1. The van der Waals surface area contributed by atoms with Crippen LogP contribution in [0.25, 0.3) is 11.2 Å². The van der Waals surface area contributed by atoms with Gasteiger partial charge in [0.15, 0.2) is 17.7 Å². The molecule has 0 unspecified atom stereocenters. The molecule has 0 aromatic carbocycles. The minimum atomic E-state index is -1.06. The first-order chi connectivity index (χ1) is 13.0. The summed E-state index contributed by atoms with van der Waals surface area (Å²) in [6.07, 6.45) is 6.09. The summed E-state index contributed by atoms with van der Waals surface area (Å²) < 4.78 is 7.63. The smallest absolute Gasteiger partial charge is 0.167 e. The summed E-state index contributed by atoms with van der Waals surface area (Å²) in [7, 11) is 2.05. The third-order valence-corrected chi connectivity index (χ3v) is 5.78. The molecule has 4 N–H and O–H groups in total. The van der Waals surface area contributed by atoms with E-state index in [1.54, 1.807) is 4.57 Å². The van der Waals surface area contributed by atoms with E-state index in [9.17, 15) is 10.2 Å². The number of imidazole rings is 1. The zero-order chi connectivity index (χ0) is 19.0. The fourth-order valence-electron chi connectivity index (χ4n) is 4.36. The number of hydrogen-bond donors (Lipinski definition) is 3. The van der Waals surface area contributed by atoms with Crippen molar-refractivity contribution in [2.45, 2.75) is 56.6 Å². The molecule has 27 heavy (non-hydrogen) atoms. The van der Waals surface area contributed by atoms with E-state index in [0.29, 0.717) is 23.6 Å². The molecule has 148 valence electrons. The molecule has 9 heteroatoms. The molecule has 9 nitrogen and oxygen atoms in total. The molecule has 1 aliphatic carbocycles. The predicted molar refractivity (Wildman–Crippen MR) is 99.7 cm³/mol. The summed E-state index contributed by atoms with van der Waals surface area (Å²) in [6.45, 7) is 1.56. The fourth-order valence-corrected chi connectivity index (χ4v) is 4.36. The van der Waals surface area contributed by atoms with Crippen molar-refractivity contribution in [1.29, 1.82) is 0 Å². The minimum Gasteiger partial charge on any atom is -0.387 e. The highest BCUT2D eigenvalue weighted by Gasteiger charge is 2.44. The number of aliphatic hydroxyl groups excluding tert-OH is 2. The number of rotatable bonds is 5. The van der Waals surface area contributed by atoms with Crippen LogP contribution in [0.15, 0.2) is 12.7 Å². The maximum Gasteiger partial charge on any atom is 0.167 e. The van der Waals surface area contributed by atoms with Crippen LogP contribution in [0.2, 0.25) is 0 Å². The molecular formula is C18H28N6O3. The number of ether oxygens (including phenoxy) is 1. The van der Waals surface area contributed by atoms with Gasteiger partial charge in [-0.15, -0.1) is 0 Å². The van der Waals surface area contributed by atoms with Crippen LogP contribution in [-0.4, -0.2) is 73.1 Å². The molecule has 4 atom stereocenters. The number of anilines is 1. The summed E-state index contributed by atoms with van der Waals surface area (Å²) >= 11 is 0. The van der Waals surface area contributed by atoms with E-state index >= 15 is 0 Å². The lowest BCUT2D eigenvalue weighted by Gasteiger charge is -2.29. The van der Waals surface area contributed by atoms with Crippen LogP contribution in [0, 0.1) is 5.92 Å².